The SMILES string of the molecule is CNC[C@H](CC1CCC(F)CC1)NC(=O)N1CCOC([C@](O)(CCCCOC)c2cccc(Cl)c2F)C1. The summed E-state index contributed by atoms with van der Waals surface area (Å²) in [5, 5.41) is 18.0. The summed E-state index contributed by atoms with van der Waals surface area (Å²) < 4.78 is 39.7. The molecule has 3 atom stereocenters. The number of carbonyl (C=O) groups is 1. The number of hydrogen-bond acceptors (Lipinski definition) is 5. The van der Waals surface area contributed by atoms with Crippen molar-refractivity contribution in [3.8, 4) is 0 Å². The first kappa shape index (κ1) is 30.0. The molecular weight excluding hydrogens is 504 g/mol. The summed E-state index contributed by atoms with van der Waals surface area (Å²) >= 11 is 6.05. The minimum atomic E-state index is -1.67. The van der Waals surface area contributed by atoms with Crippen molar-refractivity contribution in [1.82, 2.24) is 15.5 Å². The zero-order valence-corrected chi connectivity index (χ0v) is 22.7. The van der Waals surface area contributed by atoms with Crippen LogP contribution in [0.25, 0.3) is 0 Å². The van der Waals surface area contributed by atoms with E-state index in [0.717, 1.165) is 19.3 Å². The third kappa shape index (κ3) is 8.23. The number of alkyl halides is 1. The highest BCUT2D eigenvalue weighted by Gasteiger charge is 2.44. The highest BCUT2D eigenvalue weighted by molar-refractivity contribution is 6.30. The molecule has 0 aromatic heterocycles. The van der Waals surface area contributed by atoms with Gasteiger partial charge in [-0.1, -0.05) is 23.7 Å². The molecule has 10 heteroatoms. The summed E-state index contributed by atoms with van der Waals surface area (Å²) in [5.74, 6) is -0.299. The monoisotopic (exact) mass is 545 g/mol. The Labute approximate surface area is 224 Å². The zero-order valence-electron chi connectivity index (χ0n) is 22.0. The number of nitrogens with one attached hydrogen (secondary N) is 2. The minimum absolute atomic E-state index is 0.0706. The first-order valence-electron chi connectivity index (χ1n) is 13.4. The Hall–Kier alpha value is -1.52. The number of unbranched alkanes of at least 4 members (excludes halogenated alkanes) is 1. The fraction of sp³-hybridized carbons (Fsp3) is 0.741. The third-order valence-corrected chi connectivity index (χ3v) is 7.92. The van der Waals surface area contributed by atoms with E-state index < -0.39 is 23.7 Å². The van der Waals surface area contributed by atoms with Crippen molar-refractivity contribution in [3.63, 3.8) is 0 Å². The molecule has 7 nitrogen and oxygen atoms in total. The Kier molecular flexibility index (Phi) is 11.8. The van der Waals surface area contributed by atoms with Gasteiger partial charge in [-0.05, 0) is 70.4 Å². The van der Waals surface area contributed by atoms with E-state index in [2.05, 4.69) is 10.6 Å². The minimum Gasteiger partial charge on any atom is -0.385 e. The van der Waals surface area contributed by atoms with Crippen LogP contribution in [0.5, 0.6) is 0 Å². The Balaban J connectivity index is 1.70. The second kappa shape index (κ2) is 14.6. The van der Waals surface area contributed by atoms with E-state index in [1.165, 1.54) is 12.1 Å². The molecule has 0 radical (unpaired) electrons. The van der Waals surface area contributed by atoms with E-state index in [1.54, 1.807) is 18.1 Å². The van der Waals surface area contributed by atoms with Crippen LogP contribution in [0.3, 0.4) is 0 Å². The number of hydrogen-bond donors (Lipinski definition) is 3. The molecule has 1 unspecified atom stereocenters. The smallest absolute Gasteiger partial charge is 0.317 e. The van der Waals surface area contributed by atoms with Gasteiger partial charge in [0, 0.05) is 38.4 Å². The number of halogens is 3. The second-order valence-electron chi connectivity index (χ2n) is 10.3. The van der Waals surface area contributed by atoms with Crippen molar-refractivity contribution in [3.05, 3.63) is 34.6 Å². The van der Waals surface area contributed by atoms with Crippen molar-refractivity contribution in [2.75, 3.05) is 47.0 Å². The number of methoxy groups -OCH3 is 1. The van der Waals surface area contributed by atoms with Crippen LogP contribution in [0.2, 0.25) is 5.02 Å². The molecule has 1 saturated heterocycles. The van der Waals surface area contributed by atoms with E-state index in [4.69, 9.17) is 21.1 Å². The normalized spacial score (nSPS) is 24.9. The first-order chi connectivity index (χ1) is 17.8. The summed E-state index contributed by atoms with van der Waals surface area (Å²) in [4.78, 5) is 14.9. The first-order valence-corrected chi connectivity index (χ1v) is 13.8. The van der Waals surface area contributed by atoms with Crippen LogP contribution in [0.4, 0.5) is 13.6 Å². The molecule has 2 aliphatic rings. The number of rotatable bonds is 12. The van der Waals surface area contributed by atoms with Crippen molar-refractivity contribution in [2.24, 2.45) is 5.92 Å². The van der Waals surface area contributed by atoms with Crippen LogP contribution in [-0.4, -0.2) is 81.4 Å². The molecule has 1 saturated carbocycles. The van der Waals surface area contributed by atoms with Gasteiger partial charge in [0.2, 0.25) is 0 Å². The summed E-state index contributed by atoms with van der Waals surface area (Å²) in [6.45, 7) is 1.81. The van der Waals surface area contributed by atoms with Gasteiger partial charge in [0.25, 0.3) is 0 Å². The van der Waals surface area contributed by atoms with Crippen LogP contribution in [0, 0.1) is 11.7 Å². The van der Waals surface area contributed by atoms with Gasteiger partial charge in [0.1, 0.15) is 23.7 Å². The van der Waals surface area contributed by atoms with E-state index >= 15 is 4.39 Å². The number of aliphatic hydroxyl groups is 1. The number of carbonyl (C=O) groups excluding carboxylic acids is 1. The van der Waals surface area contributed by atoms with Gasteiger partial charge in [0.15, 0.2) is 0 Å². The molecule has 2 amide bonds. The van der Waals surface area contributed by atoms with Crippen LogP contribution in [-0.2, 0) is 15.1 Å². The lowest BCUT2D eigenvalue weighted by atomic mass is 9.82. The lowest BCUT2D eigenvalue weighted by Gasteiger charge is -2.43. The van der Waals surface area contributed by atoms with Gasteiger partial charge in [-0.3, -0.25) is 0 Å². The van der Waals surface area contributed by atoms with Crippen molar-refractivity contribution in [1.29, 1.82) is 0 Å². The van der Waals surface area contributed by atoms with E-state index in [9.17, 15) is 14.3 Å². The highest BCUT2D eigenvalue weighted by Crippen LogP contribution is 2.38. The number of likely N-dealkylation sites (N-methyl/N-ethyl adjacent to an activating group) is 1. The van der Waals surface area contributed by atoms with Gasteiger partial charge >= 0.3 is 6.03 Å². The summed E-state index contributed by atoms with van der Waals surface area (Å²) in [6, 6.07) is 4.22. The maximum Gasteiger partial charge on any atom is 0.317 e. The number of morpholine rings is 1. The molecule has 1 aromatic carbocycles. The predicted octanol–water partition coefficient (Wildman–Crippen LogP) is 4.40. The molecule has 3 rings (SSSR count). The molecule has 37 heavy (non-hydrogen) atoms. The predicted molar refractivity (Wildman–Crippen MR) is 140 cm³/mol. The number of ether oxygens (including phenoxy) is 2. The molecular formula is C27H42ClF2N3O4. The molecule has 1 heterocycles. The quantitative estimate of drug-likeness (QED) is 0.339. The number of benzene rings is 1. The largest absolute Gasteiger partial charge is 0.385 e. The van der Waals surface area contributed by atoms with Crippen molar-refractivity contribution < 1.29 is 28.2 Å². The van der Waals surface area contributed by atoms with Gasteiger partial charge in [-0.2, -0.15) is 0 Å². The molecule has 3 N–H and O–H groups in total. The fourth-order valence-electron chi connectivity index (χ4n) is 5.54. The van der Waals surface area contributed by atoms with E-state index in [0.29, 0.717) is 51.3 Å². The average Bonchev–Trinajstić information content (AvgIpc) is 2.89. The van der Waals surface area contributed by atoms with Gasteiger partial charge in [0.05, 0.1) is 18.2 Å². The van der Waals surface area contributed by atoms with Crippen LogP contribution >= 0.6 is 11.6 Å². The summed E-state index contributed by atoms with van der Waals surface area (Å²) in [5.41, 5.74) is -1.60. The van der Waals surface area contributed by atoms with Crippen LogP contribution in [0.1, 0.15) is 56.9 Å². The lowest BCUT2D eigenvalue weighted by molar-refractivity contribution is -0.147. The van der Waals surface area contributed by atoms with E-state index in [1.807, 2.05) is 7.05 Å². The molecule has 1 aromatic rings. The third-order valence-electron chi connectivity index (χ3n) is 7.63. The molecule has 2 fully saturated rings. The fourth-order valence-corrected chi connectivity index (χ4v) is 5.71. The van der Waals surface area contributed by atoms with Gasteiger partial charge in [-0.15, -0.1) is 0 Å². The molecule has 1 aliphatic carbocycles. The maximum absolute atomic E-state index is 15.1. The Bertz CT molecular complexity index is 859. The molecule has 210 valence electrons. The van der Waals surface area contributed by atoms with Crippen molar-refractivity contribution >= 4 is 17.6 Å². The maximum atomic E-state index is 15.1. The lowest BCUT2D eigenvalue weighted by Crippen LogP contribution is -2.58. The topological polar surface area (TPSA) is 83.1 Å². The van der Waals surface area contributed by atoms with E-state index in [-0.39, 0.29) is 42.2 Å². The Morgan fingerprint density at radius 2 is 2.08 bits per heavy atom. The molecule has 0 bridgehead atoms. The van der Waals surface area contributed by atoms with Crippen LogP contribution < -0.4 is 10.6 Å². The number of nitrogens with zero attached hydrogens (tertiary/aromatic N) is 1. The number of urea groups is 1. The zero-order chi connectivity index (χ0) is 26.8. The highest BCUT2D eigenvalue weighted by atomic mass is 35.5. The Morgan fingerprint density at radius 1 is 1.32 bits per heavy atom. The number of amides is 2. The average molecular weight is 546 g/mol. The van der Waals surface area contributed by atoms with Crippen molar-refractivity contribution in [2.45, 2.75) is 75.3 Å². The molecule has 0 spiro atoms. The summed E-state index contributed by atoms with van der Waals surface area (Å²) in [7, 11) is 3.45. The Morgan fingerprint density at radius 3 is 2.78 bits per heavy atom. The molecule has 1 aliphatic heterocycles. The second-order valence-corrected chi connectivity index (χ2v) is 10.7. The van der Waals surface area contributed by atoms with Gasteiger partial charge < -0.3 is 30.1 Å². The van der Waals surface area contributed by atoms with Crippen LogP contribution in [0.15, 0.2) is 18.2 Å². The standard InChI is InChI=1S/C27H42ClF2N3O4/c1-31-17-21(16-19-8-10-20(29)11-9-19)32-26(34)33-13-15-37-24(18-33)27(35,12-3-4-14-36-2)22-6-5-7-23(28)25(22)30/h5-7,19-21,24,31,35H,3-4,8-18H2,1-2H3,(H,32,34)/t19?,20?,21-,24?,27-/m0/s1. The summed E-state index contributed by atoms with van der Waals surface area (Å²) in [6.07, 6.45) is 3.56. The van der Waals surface area contributed by atoms with Gasteiger partial charge in [-0.25, -0.2) is 13.6 Å².